The zero-order valence-electron chi connectivity index (χ0n) is 21.6. The van der Waals surface area contributed by atoms with E-state index in [4.69, 9.17) is 23.8 Å². The lowest BCUT2D eigenvalue weighted by atomic mass is 10.0. The molecule has 1 saturated carbocycles. The van der Waals surface area contributed by atoms with Crippen molar-refractivity contribution in [3.63, 3.8) is 0 Å². The highest BCUT2D eigenvalue weighted by atomic mass is 16.8. The zero-order valence-corrected chi connectivity index (χ0v) is 21.6. The van der Waals surface area contributed by atoms with Crippen LogP contribution in [0.25, 0.3) is 0 Å². The lowest BCUT2D eigenvalue weighted by Crippen LogP contribution is -2.54. The summed E-state index contributed by atoms with van der Waals surface area (Å²) in [4.78, 5) is 19.7. The molecule has 3 fully saturated rings. The largest absolute Gasteiger partial charge is 0.453 e. The van der Waals surface area contributed by atoms with Crippen LogP contribution in [0.4, 0.5) is 0 Å². The highest BCUT2D eigenvalue weighted by Crippen LogP contribution is 2.44. The Hall–Kier alpha value is -3.07. The summed E-state index contributed by atoms with van der Waals surface area (Å²) >= 11 is 0. The van der Waals surface area contributed by atoms with Crippen molar-refractivity contribution in [2.45, 2.75) is 75.8 Å². The van der Waals surface area contributed by atoms with Crippen molar-refractivity contribution in [1.82, 2.24) is 5.06 Å². The molecule has 2 aliphatic heterocycles. The minimum absolute atomic E-state index is 0.116. The number of carbonyl (C=O) groups is 1. The van der Waals surface area contributed by atoms with E-state index in [1.54, 1.807) is 12.1 Å². The molecule has 38 heavy (non-hydrogen) atoms. The average molecular weight is 516 g/mol. The molecular weight excluding hydrogens is 482 g/mol. The first-order valence-electron chi connectivity index (χ1n) is 13.2. The molecule has 0 unspecified atom stereocenters. The van der Waals surface area contributed by atoms with Crippen molar-refractivity contribution < 1.29 is 28.6 Å². The Kier molecular flexibility index (Phi) is 7.03. The summed E-state index contributed by atoms with van der Waals surface area (Å²) in [5.41, 5.74) is 2.68. The third-order valence-electron chi connectivity index (χ3n) is 7.39. The summed E-state index contributed by atoms with van der Waals surface area (Å²) in [5, 5.41) is 1.98. The van der Waals surface area contributed by atoms with Crippen LogP contribution in [0.2, 0.25) is 0 Å². The second-order valence-corrected chi connectivity index (χ2v) is 10.6. The lowest BCUT2D eigenvalue weighted by Gasteiger charge is -2.37. The fourth-order valence-electron chi connectivity index (χ4n) is 5.70. The van der Waals surface area contributed by atoms with E-state index in [1.165, 1.54) is 0 Å². The fourth-order valence-corrected chi connectivity index (χ4v) is 5.70. The number of benzene rings is 3. The molecule has 0 spiro atoms. The molecule has 7 heteroatoms. The molecule has 2 saturated heterocycles. The summed E-state index contributed by atoms with van der Waals surface area (Å²) in [6, 6.07) is 29.2. The predicted octanol–water partition coefficient (Wildman–Crippen LogP) is 4.91. The van der Waals surface area contributed by atoms with Crippen LogP contribution in [0.3, 0.4) is 0 Å². The molecule has 2 bridgehead atoms. The number of hydroxylamine groups is 2. The number of hydrogen-bond donors (Lipinski definition) is 0. The second-order valence-electron chi connectivity index (χ2n) is 10.6. The standard InChI is InChI=1S/C31H33NO6/c1-31(2)36-28-26(34-20-22-14-8-4-9-15-22)24-18-25(38-32(24)19-21-12-6-3-7-13-21)27(29(28)37-31)35-30(33)23-16-10-5-11-17-23/h3-17,24-29H,18-20H2,1-2H3/t24-,25+,26+,27-,28-,29-/m0/s1. The Morgan fingerprint density at radius 2 is 1.42 bits per heavy atom. The van der Waals surface area contributed by atoms with Gasteiger partial charge in [-0.3, -0.25) is 4.84 Å². The molecule has 3 aromatic carbocycles. The van der Waals surface area contributed by atoms with Gasteiger partial charge in [0.15, 0.2) is 11.9 Å². The highest BCUT2D eigenvalue weighted by molar-refractivity contribution is 5.89. The zero-order chi connectivity index (χ0) is 26.1. The van der Waals surface area contributed by atoms with Crippen molar-refractivity contribution in [3.05, 3.63) is 108 Å². The first-order valence-corrected chi connectivity index (χ1v) is 13.2. The molecule has 6 rings (SSSR count). The van der Waals surface area contributed by atoms with Crippen LogP contribution in [0, 0.1) is 0 Å². The Morgan fingerprint density at radius 1 is 0.842 bits per heavy atom. The van der Waals surface area contributed by atoms with Gasteiger partial charge in [-0.25, -0.2) is 4.79 Å². The molecule has 0 radical (unpaired) electrons. The highest BCUT2D eigenvalue weighted by Gasteiger charge is 2.61. The quantitative estimate of drug-likeness (QED) is 0.415. The Bertz CT molecular complexity index is 1220. The number of esters is 1. The van der Waals surface area contributed by atoms with Crippen LogP contribution in [-0.2, 0) is 36.9 Å². The van der Waals surface area contributed by atoms with Gasteiger partial charge in [-0.2, -0.15) is 5.06 Å². The molecule has 1 aliphatic carbocycles. The topological polar surface area (TPSA) is 66.5 Å². The monoisotopic (exact) mass is 515 g/mol. The molecule has 3 aliphatic rings. The van der Waals surface area contributed by atoms with Crippen molar-refractivity contribution >= 4 is 5.97 Å². The number of nitrogens with zero attached hydrogens (tertiary/aromatic N) is 1. The summed E-state index contributed by atoms with van der Waals surface area (Å²) in [6.07, 6.45) is -1.78. The Labute approximate surface area is 223 Å². The number of fused-ring (bicyclic) bond motifs is 3. The maximum absolute atomic E-state index is 13.2. The summed E-state index contributed by atoms with van der Waals surface area (Å²) in [6.45, 7) is 4.77. The van der Waals surface area contributed by atoms with Gasteiger partial charge in [0.2, 0.25) is 0 Å². The van der Waals surface area contributed by atoms with E-state index in [9.17, 15) is 4.79 Å². The fraction of sp³-hybridized carbons (Fsp3) is 0.387. The molecule has 0 amide bonds. The molecule has 198 valence electrons. The summed E-state index contributed by atoms with van der Waals surface area (Å²) < 4.78 is 25.7. The van der Waals surface area contributed by atoms with E-state index in [-0.39, 0.29) is 12.1 Å². The van der Waals surface area contributed by atoms with Crippen LogP contribution in [0.15, 0.2) is 91.0 Å². The first kappa shape index (κ1) is 25.2. The van der Waals surface area contributed by atoms with E-state index in [0.29, 0.717) is 25.1 Å². The van der Waals surface area contributed by atoms with Gasteiger partial charge < -0.3 is 18.9 Å². The normalized spacial score (nSPS) is 29.9. The third kappa shape index (κ3) is 5.25. The van der Waals surface area contributed by atoms with Crippen LogP contribution < -0.4 is 0 Å². The van der Waals surface area contributed by atoms with Crippen molar-refractivity contribution in [2.75, 3.05) is 0 Å². The van der Waals surface area contributed by atoms with E-state index in [0.717, 1.165) is 11.1 Å². The SMILES string of the molecule is CC1(C)O[C@@H]2[C@@H](O1)[C@H](OCc1ccccc1)[C@@H]1C[C@@H](ON1Cc1ccccc1)[C@@H]2OC(=O)c1ccccc1. The molecule has 6 atom stereocenters. The molecule has 0 N–H and O–H groups in total. The number of rotatable bonds is 7. The van der Waals surface area contributed by atoms with Gasteiger partial charge in [-0.15, -0.1) is 0 Å². The van der Waals surface area contributed by atoms with E-state index in [2.05, 4.69) is 12.1 Å². The molecule has 0 aromatic heterocycles. The lowest BCUT2D eigenvalue weighted by molar-refractivity contribution is -0.237. The van der Waals surface area contributed by atoms with Gasteiger partial charge >= 0.3 is 5.97 Å². The van der Waals surface area contributed by atoms with Crippen LogP contribution in [0.1, 0.15) is 41.8 Å². The Morgan fingerprint density at radius 3 is 2.08 bits per heavy atom. The smallest absolute Gasteiger partial charge is 0.338 e. The minimum atomic E-state index is -0.859. The van der Waals surface area contributed by atoms with Gasteiger partial charge in [0.1, 0.15) is 24.4 Å². The molecular formula is C31H33NO6. The van der Waals surface area contributed by atoms with Crippen molar-refractivity contribution in [1.29, 1.82) is 0 Å². The Balaban J connectivity index is 1.33. The van der Waals surface area contributed by atoms with E-state index >= 15 is 0 Å². The summed E-state index contributed by atoms with van der Waals surface area (Å²) in [7, 11) is 0. The molecule has 2 heterocycles. The first-order chi connectivity index (χ1) is 18.5. The van der Waals surface area contributed by atoms with E-state index < -0.39 is 36.2 Å². The maximum Gasteiger partial charge on any atom is 0.338 e. The number of ether oxygens (including phenoxy) is 4. The van der Waals surface area contributed by atoms with E-state index in [1.807, 2.05) is 85.6 Å². The van der Waals surface area contributed by atoms with Crippen LogP contribution in [0.5, 0.6) is 0 Å². The number of carbonyl (C=O) groups excluding carboxylic acids is 1. The van der Waals surface area contributed by atoms with Crippen molar-refractivity contribution in [2.24, 2.45) is 0 Å². The van der Waals surface area contributed by atoms with Crippen LogP contribution in [-0.4, -0.2) is 53.4 Å². The number of hydrogen-bond acceptors (Lipinski definition) is 7. The van der Waals surface area contributed by atoms with Crippen LogP contribution >= 0.6 is 0 Å². The average Bonchev–Trinajstić information content (AvgIpc) is 3.46. The molecule has 7 nitrogen and oxygen atoms in total. The second kappa shape index (κ2) is 10.6. The van der Waals surface area contributed by atoms with Gasteiger partial charge in [0.05, 0.1) is 18.2 Å². The minimum Gasteiger partial charge on any atom is -0.453 e. The molecule has 3 aromatic rings. The summed E-state index contributed by atoms with van der Waals surface area (Å²) in [5.74, 6) is -1.27. The van der Waals surface area contributed by atoms with Gasteiger partial charge in [0, 0.05) is 6.54 Å². The third-order valence-corrected chi connectivity index (χ3v) is 7.39. The predicted molar refractivity (Wildman–Crippen MR) is 140 cm³/mol. The van der Waals surface area contributed by atoms with Gasteiger partial charge in [-0.1, -0.05) is 78.9 Å². The van der Waals surface area contributed by atoms with Crippen molar-refractivity contribution in [3.8, 4) is 0 Å². The van der Waals surface area contributed by atoms with Gasteiger partial charge in [0.25, 0.3) is 0 Å². The van der Waals surface area contributed by atoms with Gasteiger partial charge in [-0.05, 0) is 43.5 Å². The maximum atomic E-state index is 13.2.